The minimum Gasteiger partial charge on any atom is -0.465 e. The van der Waals surface area contributed by atoms with E-state index in [2.05, 4.69) is 30.1 Å². The number of likely N-dealkylation sites (tertiary alicyclic amines) is 1. The van der Waals surface area contributed by atoms with E-state index in [9.17, 15) is 9.90 Å². The number of pyridine rings is 2. The van der Waals surface area contributed by atoms with Crippen molar-refractivity contribution in [3.63, 3.8) is 0 Å². The zero-order chi connectivity index (χ0) is 25.6. The fraction of sp³-hybridized carbons (Fsp3) is 0.360. The van der Waals surface area contributed by atoms with E-state index in [1.807, 2.05) is 28.9 Å². The van der Waals surface area contributed by atoms with Crippen LogP contribution >= 0.6 is 0 Å². The van der Waals surface area contributed by atoms with Gasteiger partial charge < -0.3 is 29.9 Å². The van der Waals surface area contributed by atoms with E-state index >= 15 is 0 Å². The second kappa shape index (κ2) is 9.10. The highest BCUT2D eigenvalue weighted by Crippen LogP contribution is 2.35. The Morgan fingerprint density at radius 3 is 2.68 bits per heavy atom. The summed E-state index contributed by atoms with van der Waals surface area (Å²) in [6, 6.07) is 8.05. The van der Waals surface area contributed by atoms with Crippen molar-refractivity contribution in [2.24, 2.45) is 0 Å². The molecule has 7 rings (SSSR count). The molecule has 0 radical (unpaired) electrons. The number of carboxylic acid groups (broad SMARTS) is 1. The monoisotopic (exact) mass is 514 g/mol. The third-order valence-corrected chi connectivity index (χ3v) is 7.42. The zero-order valence-electron chi connectivity index (χ0n) is 20.5. The molecule has 13 heteroatoms. The normalized spacial score (nSPS) is 20.9. The highest BCUT2D eigenvalue weighted by molar-refractivity contribution is 5.91. The van der Waals surface area contributed by atoms with Crippen molar-refractivity contribution in [3.8, 4) is 5.69 Å². The van der Waals surface area contributed by atoms with E-state index in [1.165, 1.54) is 4.90 Å². The van der Waals surface area contributed by atoms with Crippen molar-refractivity contribution in [2.45, 2.75) is 18.5 Å². The molecule has 4 aromatic rings. The minimum absolute atomic E-state index is 0.00554. The first-order valence-electron chi connectivity index (χ1n) is 12.6. The van der Waals surface area contributed by atoms with Gasteiger partial charge in [0.1, 0.15) is 17.5 Å². The van der Waals surface area contributed by atoms with Crippen molar-refractivity contribution < 1.29 is 14.6 Å². The van der Waals surface area contributed by atoms with E-state index in [0.717, 1.165) is 42.2 Å². The van der Waals surface area contributed by atoms with Crippen LogP contribution < -0.4 is 15.1 Å². The number of amides is 1. The maximum Gasteiger partial charge on any atom is 0.407 e. The minimum atomic E-state index is -0.854. The number of hydrogen-bond donors (Lipinski definition) is 2. The predicted molar refractivity (Wildman–Crippen MR) is 139 cm³/mol. The first-order chi connectivity index (χ1) is 18.6. The Morgan fingerprint density at radius 2 is 1.92 bits per heavy atom. The summed E-state index contributed by atoms with van der Waals surface area (Å²) in [5.41, 5.74) is 1.52. The standard InChI is InChI=1S/C25H26N10O3/c36-25(37)34-15-17-11-18(34)14-33(17)22-12-16(3-4-28-22)35-24-19(23(31-35)29-20-13-26-5-6-27-20)1-2-21(30-24)32-7-9-38-10-8-32/h1-6,12-13,17-18H,7-11,14-15H2,(H,36,37)(H,27,29,31)/t17-,18-/m0/s1. The number of ether oxygens (including phenoxy) is 1. The van der Waals surface area contributed by atoms with Gasteiger partial charge in [0.15, 0.2) is 11.5 Å². The summed E-state index contributed by atoms with van der Waals surface area (Å²) in [7, 11) is 0. The molecule has 2 N–H and O–H groups in total. The Hall–Kier alpha value is -4.52. The van der Waals surface area contributed by atoms with Gasteiger partial charge in [-0.05, 0) is 24.6 Å². The lowest BCUT2D eigenvalue weighted by molar-refractivity contribution is 0.122. The first-order valence-corrected chi connectivity index (χ1v) is 12.6. The third-order valence-electron chi connectivity index (χ3n) is 7.42. The Kier molecular flexibility index (Phi) is 5.43. The number of aromatic nitrogens is 6. The molecule has 1 amide bonds. The van der Waals surface area contributed by atoms with E-state index in [0.29, 0.717) is 43.6 Å². The molecule has 3 saturated heterocycles. The topological polar surface area (TPSA) is 138 Å². The average molecular weight is 515 g/mol. The van der Waals surface area contributed by atoms with Gasteiger partial charge in [0.05, 0.1) is 42.6 Å². The van der Waals surface area contributed by atoms with E-state index in [-0.39, 0.29) is 12.1 Å². The van der Waals surface area contributed by atoms with Crippen LogP contribution in [0.2, 0.25) is 0 Å². The molecule has 2 atom stereocenters. The molecule has 3 aliphatic rings. The first kappa shape index (κ1) is 22.7. The largest absolute Gasteiger partial charge is 0.465 e. The maximum atomic E-state index is 11.5. The molecular weight excluding hydrogens is 488 g/mol. The van der Waals surface area contributed by atoms with Gasteiger partial charge in [-0.25, -0.2) is 24.4 Å². The van der Waals surface area contributed by atoms with Gasteiger partial charge in [-0.15, -0.1) is 5.10 Å². The van der Waals surface area contributed by atoms with Crippen molar-refractivity contribution in [1.82, 2.24) is 34.6 Å². The zero-order valence-corrected chi connectivity index (χ0v) is 20.5. The van der Waals surface area contributed by atoms with Gasteiger partial charge in [-0.2, -0.15) is 0 Å². The number of morpholine rings is 1. The average Bonchev–Trinajstić information content (AvgIpc) is 3.67. The van der Waals surface area contributed by atoms with Gasteiger partial charge in [-0.1, -0.05) is 0 Å². The molecule has 194 valence electrons. The van der Waals surface area contributed by atoms with E-state index < -0.39 is 6.09 Å². The smallest absolute Gasteiger partial charge is 0.407 e. The number of fused-ring (bicyclic) bond motifs is 3. The number of carbonyl (C=O) groups is 1. The molecule has 13 nitrogen and oxygen atoms in total. The van der Waals surface area contributed by atoms with Gasteiger partial charge in [-0.3, -0.25) is 4.98 Å². The lowest BCUT2D eigenvalue weighted by Crippen LogP contribution is -2.48. The second-order valence-electron chi connectivity index (χ2n) is 9.62. The van der Waals surface area contributed by atoms with Crippen LogP contribution in [0.25, 0.3) is 16.7 Å². The summed E-state index contributed by atoms with van der Waals surface area (Å²) in [4.78, 5) is 35.6. The summed E-state index contributed by atoms with van der Waals surface area (Å²) >= 11 is 0. The Labute approximate surface area is 217 Å². The molecule has 0 aromatic carbocycles. The van der Waals surface area contributed by atoms with Crippen LogP contribution in [0.4, 0.5) is 28.1 Å². The second-order valence-corrected chi connectivity index (χ2v) is 9.62. The molecule has 3 aliphatic heterocycles. The highest BCUT2D eigenvalue weighted by Gasteiger charge is 2.45. The number of hydrogen-bond acceptors (Lipinski definition) is 10. The molecule has 0 spiro atoms. The summed E-state index contributed by atoms with van der Waals surface area (Å²) in [5.74, 6) is 2.88. The lowest BCUT2D eigenvalue weighted by atomic mass is 10.2. The van der Waals surface area contributed by atoms with Crippen LogP contribution in [0, 0.1) is 0 Å². The maximum absolute atomic E-state index is 11.5. The molecule has 3 fully saturated rings. The van der Waals surface area contributed by atoms with Crippen LogP contribution in [-0.4, -0.2) is 97.3 Å². The van der Waals surface area contributed by atoms with Gasteiger partial charge in [0.2, 0.25) is 0 Å². The third kappa shape index (κ3) is 3.91. The number of nitrogens with zero attached hydrogens (tertiary/aromatic N) is 9. The highest BCUT2D eigenvalue weighted by atomic mass is 16.5. The SMILES string of the molecule is O=C(O)N1C[C@@H]2C[C@H]1CN2c1cc(-n2nc(Nc3cnccn3)c3ccc(N4CCOCC4)nc32)ccn1. The van der Waals surface area contributed by atoms with Crippen molar-refractivity contribution in [3.05, 3.63) is 49.1 Å². The fourth-order valence-electron chi connectivity index (χ4n) is 5.59. The molecule has 38 heavy (non-hydrogen) atoms. The lowest BCUT2D eigenvalue weighted by Gasteiger charge is -2.33. The predicted octanol–water partition coefficient (Wildman–Crippen LogP) is 2.13. The van der Waals surface area contributed by atoms with E-state index in [4.69, 9.17) is 14.8 Å². The van der Waals surface area contributed by atoms with Gasteiger partial charge in [0.25, 0.3) is 0 Å². The molecule has 7 heterocycles. The summed E-state index contributed by atoms with van der Waals surface area (Å²) in [6.45, 7) is 4.02. The number of piperazine rings is 1. The van der Waals surface area contributed by atoms with Gasteiger partial charge in [0, 0.05) is 50.8 Å². The fourth-order valence-corrected chi connectivity index (χ4v) is 5.59. The quantitative estimate of drug-likeness (QED) is 0.405. The Bertz CT molecular complexity index is 1490. The molecule has 0 saturated carbocycles. The van der Waals surface area contributed by atoms with E-state index in [1.54, 1.807) is 24.8 Å². The molecular formula is C25H26N10O3. The summed E-state index contributed by atoms with van der Waals surface area (Å²) < 4.78 is 7.34. The van der Waals surface area contributed by atoms with Crippen molar-refractivity contribution in [2.75, 3.05) is 54.5 Å². The summed E-state index contributed by atoms with van der Waals surface area (Å²) in [6.07, 6.45) is 6.62. The summed E-state index contributed by atoms with van der Waals surface area (Å²) in [5, 5.41) is 18.5. The number of anilines is 4. The molecule has 4 aromatic heterocycles. The molecule has 2 bridgehead atoms. The Balaban J connectivity index is 1.27. The Morgan fingerprint density at radius 1 is 1.03 bits per heavy atom. The van der Waals surface area contributed by atoms with Crippen LogP contribution in [0.15, 0.2) is 49.1 Å². The van der Waals surface area contributed by atoms with Crippen LogP contribution in [0.5, 0.6) is 0 Å². The van der Waals surface area contributed by atoms with Crippen LogP contribution in [0.1, 0.15) is 6.42 Å². The van der Waals surface area contributed by atoms with Crippen molar-refractivity contribution in [1.29, 1.82) is 0 Å². The van der Waals surface area contributed by atoms with Gasteiger partial charge >= 0.3 is 6.09 Å². The molecule has 0 aliphatic carbocycles. The number of nitrogens with one attached hydrogen (secondary N) is 1. The molecule has 0 unspecified atom stereocenters. The number of rotatable bonds is 5. The van der Waals surface area contributed by atoms with Crippen molar-refractivity contribution >= 4 is 40.4 Å². The van der Waals surface area contributed by atoms with Crippen LogP contribution in [0.3, 0.4) is 0 Å². The van der Waals surface area contributed by atoms with Crippen LogP contribution in [-0.2, 0) is 4.74 Å².